The van der Waals surface area contributed by atoms with Crippen LogP contribution in [-0.4, -0.2) is 30.1 Å². The number of piperidine rings is 1. The zero-order valence-electron chi connectivity index (χ0n) is 10.6. The fourth-order valence-corrected chi connectivity index (χ4v) is 2.64. The van der Waals surface area contributed by atoms with E-state index in [1.165, 1.54) is 19.2 Å². The van der Waals surface area contributed by atoms with Gasteiger partial charge in [-0.15, -0.1) is 0 Å². The maximum atomic E-state index is 6.08. The van der Waals surface area contributed by atoms with Gasteiger partial charge in [0.15, 0.2) is 11.0 Å². The van der Waals surface area contributed by atoms with Crippen LogP contribution in [0.25, 0.3) is 0 Å². The number of aromatic nitrogens is 2. The number of nitrogens with one attached hydrogen (secondary N) is 1. The van der Waals surface area contributed by atoms with E-state index >= 15 is 0 Å². The molecule has 0 spiro atoms. The highest BCUT2D eigenvalue weighted by molar-refractivity contribution is 6.32. The third-order valence-electron chi connectivity index (χ3n) is 3.23. The molecule has 1 aliphatic heterocycles. The van der Waals surface area contributed by atoms with Gasteiger partial charge in [0.25, 0.3) is 0 Å². The molecular weight excluding hydrogens is 236 g/mol. The van der Waals surface area contributed by atoms with Crippen LogP contribution in [0.5, 0.6) is 0 Å². The molecule has 94 valence electrons. The Kier molecular flexibility index (Phi) is 3.43. The van der Waals surface area contributed by atoms with E-state index in [1.807, 2.05) is 7.05 Å². The largest absolute Gasteiger partial charge is 0.383 e. The standard InChI is InChI=1S/C12H19ClN4/c1-12(2)5-4-6-17(7-12)11-9(14-3)10(13)15-8-16-11/h8,14H,4-7H2,1-3H3. The molecule has 0 radical (unpaired) electrons. The van der Waals surface area contributed by atoms with Gasteiger partial charge in [-0.1, -0.05) is 25.4 Å². The van der Waals surface area contributed by atoms with Crippen LogP contribution in [0.3, 0.4) is 0 Å². The van der Waals surface area contributed by atoms with Gasteiger partial charge in [-0.05, 0) is 18.3 Å². The molecule has 0 aliphatic carbocycles. The summed E-state index contributed by atoms with van der Waals surface area (Å²) in [7, 11) is 1.85. The number of hydrogen-bond acceptors (Lipinski definition) is 4. The molecule has 5 heteroatoms. The maximum Gasteiger partial charge on any atom is 0.157 e. The van der Waals surface area contributed by atoms with E-state index in [-0.39, 0.29) is 0 Å². The van der Waals surface area contributed by atoms with E-state index in [9.17, 15) is 0 Å². The molecule has 0 amide bonds. The average Bonchev–Trinajstić information content (AvgIpc) is 2.27. The summed E-state index contributed by atoms with van der Waals surface area (Å²) in [5, 5.41) is 3.58. The van der Waals surface area contributed by atoms with Gasteiger partial charge in [0.05, 0.1) is 0 Å². The summed E-state index contributed by atoms with van der Waals surface area (Å²) in [6, 6.07) is 0. The summed E-state index contributed by atoms with van der Waals surface area (Å²) in [4.78, 5) is 10.7. The minimum absolute atomic E-state index is 0.334. The first kappa shape index (κ1) is 12.4. The second-order valence-electron chi connectivity index (χ2n) is 5.30. The minimum Gasteiger partial charge on any atom is -0.383 e. The molecule has 0 atom stereocenters. The van der Waals surface area contributed by atoms with Crippen LogP contribution in [0, 0.1) is 5.41 Å². The Balaban J connectivity index is 2.30. The van der Waals surface area contributed by atoms with Crippen molar-refractivity contribution < 1.29 is 0 Å². The molecule has 2 heterocycles. The van der Waals surface area contributed by atoms with Crippen molar-refractivity contribution in [2.45, 2.75) is 26.7 Å². The van der Waals surface area contributed by atoms with Crippen molar-refractivity contribution in [3.8, 4) is 0 Å². The minimum atomic E-state index is 0.334. The van der Waals surface area contributed by atoms with Crippen LogP contribution in [0.4, 0.5) is 11.5 Å². The second kappa shape index (κ2) is 4.69. The molecule has 0 saturated carbocycles. The Bertz CT molecular complexity index is 405. The second-order valence-corrected chi connectivity index (χ2v) is 5.66. The summed E-state index contributed by atoms with van der Waals surface area (Å²) >= 11 is 6.08. The Labute approximate surface area is 107 Å². The first-order valence-electron chi connectivity index (χ1n) is 5.97. The summed E-state index contributed by atoms with van der Waals surface area (Å²) in [6.45, 7) is 6.63. The van der Waals surface area contributed by atoms with Crippen LogP contribution >= 0.6 is 11.6 Å². The molecule has 1 saturated heterocycles. The first-order chi connectivity index (χ1) is 8.03. The number of anilines is 2. The Morgan fingerprint density at radius 2 is 2.18 bits per heavy atom. The third-order valence-corrected chi connectivity index (χ3v) is 3.52. The van der Waals surface area contributed by atoms with Crippen molar-refractivity contribution >= 4 is 23.1 Å². The summed E-state index contributed by atoms with van der Waals surface area (Å²) < 4.78 is 0. The molecule has 2 rings (SSSR count). The van der Waals surface area contributed by atoms with Crippen LogP contribution in [-0.2, 0) is 0 Å². The van der Waals surface area contributed by atoms with Crippen molar-refractivity contribution in [3.05, 3.63) is 11.5 Å². The fraction of sp³-hybridized carbons (Fsp3) is 0.667. The molecule has 0 aromatic carbocycles. The smallest absolute Gasteiger partial charge is 0.157 e. The lowest BCUT2D eigenvalue weighted by Crippen LogP contribution is -2.40. The topological polar surface area (TPSA) is 41.1 Å². The van der Waals surface area contributed by atoms with E-state index in [0.29, 0.717) is 10.6 Å². The molecular formula is C12H19ClN4. The van der Waals surface area contributed by atoms with Gasteiger partial charge in [-0.25, -0.2) is 9.97 Å². The lowest BCUT2D eigenvalue weighted by atomic mass is 9.84. The Hall–Kier alpha value is -1.03. The predicted octanol–water partition coefficient (Wildman–Crippen LogP) is 2.80. The number of nitrogens with zero attached hydrogens (tertiary/aromatic N) is 3. The van der Waals surface area contributed by atoms with Crippen molar-refractivity contribution in [3.63, 3.8) is 0 Å². The molecule has 1 fully saturated rings. The summed E-state index contributed by atoms with van der Waals surface area (Å²) in [6.07, 6.45) is 3.98. The number of hydrogen-bond donors (Lipinski definition) is 1. The average molecular weight is 255 g/mol. The van der Waals surface area contributed by atoms with Gasteiger partial charge in [-0.3, -0.25) is 0 Å². The first-order valence-corrected chi connectivity index (χ1v) is 6.34. The zero-order chi connectivity index (χ0) is 12.5. The number of halogens is 1. The normalized spacial score (nSPS) is 19.2. The Morgan fingerprint density at radius 3 is 2.82 bits per heavy atom. The maximum absolute atomic E-state index is 6.08. The van der Waals surface area contributed by atoms with Crippen molar-refractivity contribution in [1.29, 1.82) is 0 Å². The van der Waals surface area contributed by atoms with Crippen molar-refractivity contribution in [2.75, 3.05) is 30.4 Å². The predicted molar refractivity (Wildman–Crippen MR) is 71.8 cm³/mol. The van der Waals surface area contributed by atoms with Gasteiger partial charge < -0.3 is 10.2 Å². The highest BCUT2D eigenvalue weighted by atomic mass is 35.5. The molecule has 4 nitrogen and oxygen atoms in total. The van der Waals surface area contributed by atoms with E-state index in [1.54, 1.807) is 0 Å². The number of rotatable bonds is 2. The van der Waals surface area contributed by atoms with E-state index in [4.69, 9.17) is 11.6 Å². The van der Waals surface area contributed by atoms with Gasteiger partial charge in [0.1, 0.15) is 12.0 Å². The van der Waals surface area contributed by atoms with Gasteiger partial charge >= 0.3 is 0 Å². The molecule has 17 heavy (non-hydrogen) atoms. The van der Waals surface area contributed by atoms with Crippen molar-refractivity contribution in [2.24, 2.45) is 5.41 Å². The van der Waals surface area contributed by atoms with Crippen LogP contribution in [0.2, 0.25) is 5.15 Å². The van der Waals surface area contributed by atoms with Crippen LogP contribution in [0.1, 0.15) is 26.7 Å². The van der Waals surface area contributed by atoms with E-state index in [0.717, 1.165) is 24.6 Å². The molecule has 1 aliphatic rings. The lowest BCUT2D eigenvalue weighted by molar-refractivity contribution is 0.292. The van der Waals surface area contributed by atoms with Crippen LogP contribution in [0.15, 0.2) is 6.33 Å². The lowest BCUT2D eigenvalue weighted by Gasteiger charge is -2.39. The van der Waals surface area contributed by atoms with Crippen molar-refractivity contribution in [1.82, 2.24) is 9.97 Å². The molecule has 1 N–H and O–H groups in total. The SMILES string of the molecule is CNc1c(Cl)ncnc1N1CCCC(C)(C)C1. The highest BCUT2D eigenvalue weighted by Gasteiger charge is 2.28. The van der Waals surface area contributed by atoms with E-state index in [2.05, 4.69) is 34.0 Å². The highest BCUT2D eigenvalue weighted by Crippen LogP contribution is 2.35. The van der Waals surface area contributed by atoms with Gasteiger partial charge in [-0.2, -0.15) is 0 Å². The van der Waals surface area contributed by atoms with Gasteiger partial charge in [0.2, 0.25) is 0 Å². The van der Waals surface area contributed by atoms with Crippen LogP contribution < -0.4 is 10.2 Å². The molecule has 0 unspecified atom stereocenters. The quantitative estimate of drug-likeness (QED) is 0.824. The monoisotopic (exact) mass is 254 g/mol. The molecule has 0 bridgehead atoms. The Morgan fingerprint density at radius 1 is 1.41 bits per heavy atom. The molecule has 1 aromatic rings. The molecule has 1 aromatic heterocycles. The van der Waals surface area contributed by atoms with Gasteiger partial charge in [0, 0.05) is 20.1 Å². The summed E-state index contributed by atoms with van der Waals surface area (Å²) in [5.74, 6) is 0.917. The summed E-state index contributed by atoms with van der Waals surface area (Å²) in [5.41, 5.74) is 1.16. The van der Waals surface area contributed by atoms with E-state index < -0.39 is 0 Å². The fourth-order valence-electron chi connectivity index (χ4n) is 2.41. The zero-order valence-corrected chi connectivity index (χ0v) is 11.4. The third kappa shape index (κ3) is 2.63.